The summed E-state index contributed by atoms with van der Waals surface area (Å²) < 4.78 is 18.3. The third-order valence-electron chi connectivity index (χ3n) is 7.94. The molecule has 0 saturated carbocycles. The van der Waals surface area contributed by atoms with Crippen LogP contribution in [0.5, 0.6) is 0 Å². The quantitative estimate of drug-likeness (QED) is 0.0982. The van der Waals surface area contributed by atoms with Gasteiger partial charge in [-0.15, -0.1) is 0 Å². The second-order valence-electron chi connectivity index (χ2n) is 11.5. The van der Waals surface area contributed by atoms with Gasteiger partial charge in [-0.05, 0) is 35.2 Å². The molecule has 0 radical (unpaired) electrons. The normalized spacial score (nSPS) is 23.0. The van der Waals surface area contributed by atoms with Gasteiger partial charge in [0, 0.05) is 13.0 Å². The molecule has 10 heteroatoms. The molecule has 1 aliphatic rings. The Balaban J connectivity index is 1.97. The third-order valence-corrected chi connectivity index (χ3v) is 12.4. The zero-order valence-electron chi connectivity index (χ0n) is 25.4. The number of hydrogen-bond donors (Lipinski definition) is 2. The lowest BCUT2D eigenvalue weighted by molar-refractivity contribution is -0.317. The molecule has 2 aromatic carbocycles. The van der Waals surface area contributed by atoms with E-state index in [1.54, 1.807) is 0 Å². The molecule has 3 unspecified atom stereocenters. The number of carbonyl (C=O) groups is 2. The molecular formula is C32H46O9Si. The van der Waals surface area contributed by atoms with Crippen LogP contribution in [0, 0.1) is 0 Å². The first-order valence-corrected chi connectivity index (χ1v) is 16.6. The summed E-state index contributed by atoms with van der Waals surface area (Å²) in [5, 5.41) is 12.7. The van der Waals surface area contributed by atoms with E-state index in [0.717, 1.165) is 23.2 Å². The molecule has 2 N–H and O–H groups in total. The number of aliphatic hydroxyl groups excluding tert-OH is 1. The Hall–Kier alpha value is -2.44. The molecule has 0 aliphatic carbocycles. The van der Waals surface area contributed by atoms with Gasteiger partial charge in [-0.25, -0.2) is 9.78 Å². The molecule has 3 rings (SSSR count). The van der Waals surface area contributed by atoms with Gasteiger partial charge < -0.3 is 28.9 Å². The van der Waals surface area contributed by atoms with E-state index in [-0.39, 0.29) is 31.7 Å². The average molecular weight is 603 g/mol. The summed E-state index contributed by atoms with van der Waals surface area (Å²) in [6.45, 7) is 7.70. The summed E-state index contributed by atoms with van der Waals surface area (Å²) in [6, 6.07) is 19.3. The van der Waals surface area contributed by atoms with E-state index in [9.17, 15) is 19.5 Å². The van der Waals surface area contributed by atoms with Crippen molar-refractivity contribution in [2.45, 2.75) is 95.4 Å². The topological polar surface area (TPSA) is 121 Å². The van der Waals surface area contributed by atoms with Gasteiger partial charge in [0.05, 0.1) is 19.6 Å². The molecule has 232 valence electrons. The standard InChI is InChI=1S/C32H46O9Si/c1-6-7-20-38-31-29(35)26(40-27(22-39-37-5)30(31)41-28(34)19-18-23(2)33)21-32(3,4)42(36,24-14-10-8-11-15-24)25-16-12-9-13-17-25/h8-17,26-27,29-31,35-36H,6-7,18-22H2,1-5H3/t26-,27?,29?,30+,31?/m0/s1. The molecule has 1 heterocycles. The number of ketones is 1. The second-order valence-corrected chi connectivity index (χ2v) is 15.5. The van der Waals surface area contributed by atoms with Gasteiger partial charge in [0.1, 0.15) is 30.7 Å². The Morgan fingerprint density at radius 3 is 2.07 bits per heavy atom. The highest BCUT2D eigenvalue weighted by molar-refractivity contribution is 6.98. The molecule has 0 spiro atoms. The molecule has 0 aromatic heterocycles. The largest absolute Gasteiger partial charge is 0.457 e. The molecule has 5 atom stereocenters. The number of ether oxygens (including phenoxy) is 3. The van der Waals surface area contributed by atoms with E-state index < -0.39 is 49.8 Å². The molecule has 1 aliphatic heterocycles. The van der Waals surface area contributed by atoms with Crippen molar-refractivity contribution in [1.29, 1.82) is 0 Å². The number of Topliss-reactive ketones (excluding diaryl/α,β-unsaturated/α-hetero) is 1. The van der Waals surface area contributed by atoms with Crippen LogP contribution >= 0.6 is 0 Å². The van der Waals surface area contributed by atoms with E-state index >= 15 is 0 Å². The Labute approximate surface area is 250 Å². The first kappa shape index (κ1) is 34.1. The highest BCUT2D eigenvalue weighted by atomic mass is 28.4. The number of unbranched alkanes of at least 4 members (excludes halogenated alkanes) is 1. The summed E-state index contributed by atoms with van der Waals surface area (Å²) in [7, 11) is -2.05. The first-order chi connectivity index (χ1) is 20.0. The minimum Gasteiger partial charge on any atom is -0.457 e. The van der Waals surface area contributed by atoms with Gasteiger partial charge in [0.15, 0.2) is 6.10 Å². The maximum atomic E-state index is 12.7. The number of benzene rings is 2. The number of carbonyl (C=O) groups excluding carboxylic acids is 2. The van der Waals surface area contributed by atoms with Crippen LogP contribution in [0.25, 0.3) is 0 Å². The monoisotopic (exact) mass is 602 g/mol. The van der Waals surface area contributed by atoms with Crippen molar-refractivity contribution < 1.29 is 43.5 Å². The summed E-state index contributed by atoms with van der Waals surface area (Å²) in [6.07, 6.45) is -2.83. The minimum atomic E-state index is -3.41. The van der Waals surface area contributed by atoms with Crippen LogP contribution in [0.1, 0.15) is 59.8 Å². The van der Waals surface area contributed by atoms with Gasteiger partial charge in [-0.1, -0.05) is 87.9 Å². The van der Waals surface area contributed by atoms with E-state index in [1.165, 1.54) is 14.0 Å². The molecule has 0 bridgehead atoms. The van der Waals surface area contributed by atoms with Crippen molar-refractivity contribution in [1.82, 2.24) is 0 Å². The molecule has 42 heavy (non-hydrogen) atoms. The van der Waals surface area contributed by atoms with E-state index in [4.69, 9.17) is 24.0 Å². The van der Waals surface area contributed by atoms with E-state index in [2.05, 4.69) is 0 Å². The molecule has 9 nitrogen and oxygen atoms in total. The summed E-state index contributed by atoms with van der Waals surface area (Å²) in [5.74, 6) is -0.719. The fourth-order valence-electron chi connectivity index (χ4n) is 5.58. The maximum absolute atomic E-state index is 12.7. The number of hydrogen-bond acceptors (Lipinski definition) is 9. The Morgan fingerprint density at radius 1 is 0.952 bits per heavy atom. The average Bonchev–Trinajstić information content (AvgIpc) is 2.98. The molecule has 0 amide bonds. The first-order valence-electron chi connectivity index (χ1n) is 14.7. The molecule has 2 aromatic rings. The van der Waals surface area contributed by atoms with Gasteiger partial charge in [0.25, 0.3) is 8.32 Å². The highest BCUT2D eigenvalue weighted by Gasteiger charge is 2.55. The predicted molar refractivity (Wildman–Crippen MR) is 161 cm³/mol. The minimum absolute atomic E-state index is 0.0502. The predicted octanol–water partition coefficient (Wildman–Crippen LogP) is 3.08. The lowest BCUT2D eigenvalue weighted by atomic mass is 9.89. The van der Waals surface area contributed by atoms with Crippen LogP contribution in [-0.2, 0) is 33.6 Å². The lowest BCUT2D eigenvalue weighted by Crippen LogP contribution is -2.67. The van der Waals surface area contributed by atoms with Crippen LogP contribution in [0.2, 0.25) is 5.04 Å². The second kappa shape index (κ2) is 15.9. The van der Waals surface area contributed by atoms with E-state index in [0.29, 0.717) is 6.61 Å². The van der Waals surface area contributed by atoms with Crippen LogP contribution in [-0.4, -0.2) is 80.8 Å². The van der Waals surface area contributed by atoms with Gasteiger partial charge >= 0.3 is 5.97 Å². The third kappa shape index (κ3) is 8.34. The van der Waals surface area contributed by atoms with E-state index in [1.807, 2.05) is 81.4 Å². The summed E-state index contributed by atoms with van der Waals surface area (Å²) in [4.78, 5) is 46.9. The molecule has 1 fully saturated rings. The SMILES string of the molecule is CCCCOC1C(O)[C@H](CC(C)(C)[Si](O)(c2ccccc2)c2ccccc2)OC(COOC)[C@H]1OC(=O)CCC(C)=O. The number of esters is 1. The zero-order chi connectivity index (χ0) is 30.8. The molecule has 1 saturated heterocycles. The fraction of sp³-hybridized carbons (Fsp3) is 0.562. The maximum Gasteiger partial charge on any atom is 0.306 e. The Morgan fingerprint density at radius 2 is 1.55 bits per heavy atom. The van der Waals surface area contributed by atoms with Crippen molar-refractivity contribution in [2.75, 3.05) is 20.3 Å². The van der Waals surface area contributed by atoms with Crippen molar-refractivity contribution in [2.24, 2.45) is 0 Å². The Kier molecular flexibility index (Phi) is 12.9. The highest BCUT2D eigenvalue weighted by Crippen LogP contribution is 2.43. The fourth-order valence-corrected chi connectivity index (χ4v) is 9.33. The van der Waals surface area contributed by atoms with Crippen LogP contribution in [0.15, 0.2) is 60.7 Å². The van der Waals surface area contributed by atoms with Crippen LogP contribution in [0.3, 0.4) is 0 Å². The van der Waals surface area contributed by atoms with Crippen molar-refractivity contribution in [3.63, 3.8) is 0 Å². The molecular weight excluding hydrogens is 556 g/mol. The number of aliphatic hydroxyl groups is 1. The lowest BCUT2D eigenvalue weighted by Gasteiger charge is -2.48. The smallest absolute Gasteiger partial charge is 0.306 e. The summed E-state index contributed by atoms with van der Waals surface area (Å²) >= 11 is 0. The van der Waals surface area contributed by atoms with Crippen LogP contribution in [0.4, 0.5) is 0 Å². The summed E-state index contributed by atoms with van der Waals surface area (Å²) in [5.41, 5.74) is 0. The van der Waals surface area contributed by atoms with Crippen LogP contribution < -0.4 is 10.4 Å². The van der Waals surface area contributed by atoms with Gasteiger partial charge in [0.2, 0.25) is 0 Å². The van der Waals surface area contributed by atoms with Gasteiger partial charge in [-0.2, -0.15) is 0 Å². The number of rotatable bonds is 16. The zero-order valence-corrected chi connectivity index (χ0v) is 26.4. The van der Waals surface area contributed by atoms with Crippen molar-refractivity contribution >= 4 is 30.4 Å². The Bertz CT molecular complexity index is 1070. The van der Waals surface area contributed by atoms with Gasteiger partial charge in [-0.3, -0.25) is 4.79 Å². The van der Waals surface area contributed by atoms with Crippen molar-refractivity contribution in [3.05, 3.63) is 60.7 Å². The van der Waals surface area contributed by atoms with Crippen molar-refractivity contribution in [3.8, 4) is 0 Å².